The lowest BCUT2D eigenvalue weighted by Gasteiger charge is -2.48. The Kier molecular flexibility index (Phi) is 8.22. The normalized spacial score (nSPS) is 18.5. The standard InChI is InChI=1S/C33H40ClN3O/c1-7-33(8-2,27-18-14-24(15-19-27)25-16-20-28(34)21-17-25)36-31(38)23(3)30-35-29(22-32(4,5)37(30)6)26-12-10-9-11-13-26/h9-21,29,35H,7-8,22H2,1-6H3,(H,36,38)/b30-23+. The molecule has 38 heavy (non-hydrogen) atoms. The monoisotopic (exact) mass is 529 g/mol. The molecule has 1 aliphatic heterocycles. The molecule has 1 saturated heterocycles. The van der Waals surface area contributed by atoms with Crippen LogP contribution in [-0.2, 0) is 10.3 Å². The average molecular weight is 530 g/mol. The fraction of sp³-hybridized carbons (Fsp3) is 0.364. The van der Waals surface area contributed by atoms with E-state index >= 15 is 0 Å². The number of carbonyl (C=O) groups is 1. The van der Waals surface area contributed by atoms with E-state index in [9.17, 15) is 4.79 Å². The molecular weight excluding hydrogens is 490 g/mol. The van der Waals surface area contributed by atoms with E-state index in [1.165, 1.54) is 5.56 Å². The first kappa shape index (κ1) is 27.8. The summed E-state index contributed by atoms with van der Waals surface area (Å²) < 4.78 is 0. The quantitative estimate of drug-likeness (QED) is 0.307. The molecule has 0 spiro atoms. The van der Waals surface area contributed by atoms with Gasteiger partial charge >= 0.3 is 0 Å². The van der Waals surface area contributed by atoms with Gasteiger partial charge in [-0.3, -0.25) is 4.79 Å². The fourth-order valence-electron chi connectivity index (χ4n) is 5.45. The predicted octanol–water partition coefficient (Wildman–Crippen LogP) is 7.82. The smallest absolute Gasteiger partial charge is 0.251 e. The van der Waals surface area contributed by atoms with Crippen LogP contribution in [0.5, 0.6) is 0 Å². The molecule has 1 amide bonds. The molecule has 0 bridgehead atoms. The van der Waals surface area contributed by atoms with Crippen molar-refractivity contribution in [1.29, 1.82) is 0 Å². The molecule has 1 unspecified atom stereocenters. The van der Waals surface area contributed by atoms with Crippen molar-refractivity contribution in [2.45, 2.75) is 71.0 Å². The molecule has 1 fully saturated rings. The number of hydrogen-bond donors (Lipinski definition) is 2. The van der Waals surface area contributed by atoms with Crippen LogP contribution in [0.4, 0.5) is 0 Å². The lowest BCUT2D eigenvalue weighted by molar-refractivity contribution is -0.119. The maximum Gasteiger partial charge on any atom is 0.251 e. The first-order chi connectivity index (χ1) is 18.1. The minimum atomic E-state index is -0.459. The number of benzene rings is 3. The predicted molar refractivity (Wildman–Crippen MR) is 159 cm³/mol. The van der Waals surface area contributed by atoms with Gasteiger partial charge < -0.3 is 15.5 Å². The average Bonchev–Trinajstić information content (AvgIpc) is 2.93. The Labute approximate surface area is 233 Å². The second-order valence-corrected chi connectivity index (χ2v) is 11.4. The summed E-state index contributed by atoms with van der Waals surface area (Å²) in [6.07, 6.45) is 2.53. The minimum Gasteiger partial charge on any atom is -0.364 e. The Bertz CT molecular complexity index is 1280. The van der Waals surface area contributed by atoms with Gasteiger partial charge in [0.2, 0.25) is 0 Å². The number of hydrogen-bond acceptors (Lipinski definition) is 3. The van der Waals surface area contributed by atoms with E-state index in [1.54, 1.807) is 0 Å². The summed E-state index contributed by atoms with van der Waals surface area (Å²) in [7, 11) is 2.07. The Balaban J connectivity index is 1.62. The van der Waals surface area contributed by atoms with Crippen molar-refractivity contribution in [3.63, 3.8) is 0 Å². The number of nitrogens with one attached hydrogen (secondary N) is 2. The molecule has 4 nitrogen and oxygen atoms in total. The van der Waals surface area contributed by atoms with Crippen molar-refractivity contribution in [3.05, 3.63) is 106 Å². The van der Waals surface area contributed by atoms with E-state index in [1.807, 2.05) is 37.3 Å². The van der Waals surface area contributed by atoms with Crippen molar-refractivity contribution < 1.29 is 4.79 Å². The number of rotatable bonds is 7. The Morgan fingerprint density at radius 3 is 2.08 bits per heavy atom. The Morgan fingerprint density at radius 1 is 0.974 bits per heavy atom. The maximum atomic E-state index is 13.8. The van der Waals surface area contributed by atoms with E-state index in [4.69, 9.17) is 11.6 Å². The molecule has 1 atom stereocenters. The molecule has 200 valence electrons. The van der Waals surface area contributed by atoms with Crippen LogP contribution in [0.2, 0.25) is 5.02 Å². The van der Waals surface area contributed by atoms with E-state index in [2.05, 4.69) is 98.8 Å². The van der Waals surface area contributed by atoms with Gasteiger partial charge in [-0.05, 0) is 74.4 Å². The summed E-state index contributed by atoms with van der Waals surface area (Å²) in [4.78, 5) is 16.0. The highest BCUT2D eigenvalue weighted by atomic mass is 35.5. The molecule has 5 heteroatoms. The summed E-state index contributed by atoms with van der Waals surface area (Å²) in [5.74, 6) is 0.834. The highest BCUT2D eigenvalue weighted by Gasteiger charge is 2.38. The fourth-order valence-corrected chi connectivity index (χ4v) is 5.57. The Hall–Kier alpha value is -3.24. The molecule has 3 aromatic rings. The first-order valence-corrected chi connectivity index (χ1v) is 13.9. The van der Waals surface area contributed by atoms with Crippen LogP contribution in [0.25, 0.3) is 11.1 Å². The highest BCUT2D eigenvalue weighted by Crippen LogP contribution is 2.37. The zero-order valence-electron chi connectivity index (χ0n) is 23.4. The zero-order valence-corrected chi connectivity index (χ0v) is 24.2. The van der Waals surface area contributed by atoms with E-state index in [-0.39, 0.29) is 17.5 Å². The van der Waals surface area contributed by atoms with Gasteiger partial charge in [0.15, 0.2) is 0 Å². The molecule has 3 aromatic carbocycles. The number of amides is 1. The Morgan fingerprint density at radius 2 is 1.53 bits per heavy atom. The molecule has 0 aromatic heterocycles. The third-order valence-corrected chi connectivity index (χ3v) is 8.58. The molecule has 1 aliphatic rings. The molecule has 0 radical (unpaired) electrons. The summed E-state index contributed by atoms with van der Waals surface area (Å²) in [5, 5.41) is 7.84. The summed E-state index contributed by atoms with van der Waals surface area (Å²) in [6, 6.07) is 27.0. The maximum absolute atomic E-state index is 13.8. The van der Waals surface area contributed by atoms with Gasteiger partial charge in [0.1, 0.15) is 5.82 Å². The van der Waals surface area contributed by atoms with Crippen molar-refractivity contribution in [2.75, 3.05) is 7.05 Å². The zero-order chi connectivity index (χ0) is 27.5. The largest absolute Gasteiger partial charge is 0.364 e. The summed E-state index contributed by atoms with van der Waals surface area (Å²) >= 11 is 6.06. The molecule has 4 rings (SSSR count). The van der Waals surface area contributed by atoms with E-state index in [0.717, 1.165) is 46.8 Å². The third kappa shape index (κ3) is 5.61. The van der Waals surface area contributed by atoms with Crippen molar-refractivity contribution >= 4 is 17.5 Å². The molecule has 2 N–H and O–H groups in total. The second-order valence-electron chi connectivity index (χ2n) is 11.0. The van der Waals surface area contributed by atoms with Gasteiger partial charge in [-0.1, -0.05) is 92.2 Å². The number of halogens is 1. The minimum absolute atomic E-state index is 0.0469. The first-order valence-electron chi connectivity index (χ1n) is 13.6. The van der Waals surface area contributed by atoms with Crippen LogP contribution in [0.1, 0.15) is 71.0 Å². The second kappa shape index (κ2) is 11.2. The van der Waals surface area contributed by atoms with Crippen molar-refractivity contribution in [1.82, 2.24) is 15.5 Å². The molecule has 0 aliphatic carbocycles. The van der Waals surface area contributed by atoms with Gasteiger partial charge in [-0.25, -0.2) is 0 Å². The van der Waals surface area contributed by atoms with Crippen LogP contribution in [0, 0.1) is 0 Å². The van der Waals surface area contributed by atoms with Crippen LogP contribution < -0.4 is 10.6 Å². The van der Waals surface area contributed by atoms with Gasteiger partial charge in [-0.2, -0.15) is 0 Å². The van der Waals surface area contributed by atoms with Crippen LogP contribution in [0.3, 0.4) is 0 Å². The number of carbonyl (C=O) groups excluding carboxylic acids is 1. The van der Waals surface area contributed by atoms with Crippen LogP contribution in [-0.4, -0.2) is 23.4 Å². The van der Waals surface area contributed by atoms with Gasteiger partial charge in [0.25, 0.3) is 5.91 Å². The third-order valence-electron chi connectivity index (χ3n) is 8.33. The lowest BCUT2D eigenvalue weighted by Crippen LogP contribution is -2.54. The van der Waals surface area contributed by atoms with Crippen LogP contribution in [0.15, 0.2) is 90.3 Å². The van der Waals surface area contributed by atoms with Crippen LogP contribution >= 0.6 is 11.6 Å². The number of nitrogens with zero attached hydrogens (tertiary/aromatic N) is 1. The molecular formula is C33H40ClN3O. The van der Waals surface area contributed by atoms with Crippen molar-refractivity contribution in [3.8, 4) is 11.1 Å². The molecule has 0 saturated carbocycles. The summed E-state index contributed by atoms with van der Waals surface area (Å²) in [6.45, 7) is 10.7. The molecule has 1 heterocycles. The van der Waals surface area contributed by atoms with Gasteiger partial charge in [0.05, 0.1) is 17.2 Å². The lowest BCUT2D eigenvalue weighted by atomic mass is 9.83. The SMILES string of the molecule is CCC(CC)(NC(=O)/C(C)=C1\NC(c2ccccc2)CC(C)(C)N1C)c1ccc(-c2ccc(Cl)cc2)cc1. The summed E-state index contributed by atoms with van der Waals surface area (Å²) in [5.41, 5.74) is 4.72. The topological polar surface area (TPSA) is 44.4 Å². The van der Waals surface area contributed by atoms with Crippen molar-refractivity contribution in [2.24, 2.45) is 0 Å². The van der Waals surface area contributed by atoms with Gasteiger partial charge in [0, 0.05) is 17.6 Å². The highest BCUT2D eigenvalue weighted by molar-refractivity contribution is 6.30. The van der Waals surface area contributed by atoms with E-state index in [0.29, 0.717) is 5.57 Å². The van der Waals surface area contributed by atoms with E-state index < -0.39 is 5.54 Å². The van der Waals surface area contributed by atoms with Gasteiger partial charge in [-0.15, -0.1) is 0 Å².